The van der Waals surface area contributed by atoms with Gasteiger partial charge in [0, 0.05) is 5.69 Å². The van der Waals surface area contributed by atoms with Gasteiger partial charge in [0.2, 0.25) is 0 Å². The fraction of sp³-hybridized carbons (Fsp3) is 0.368. The van der Waals surface area contributed by atoms with Crippen molar-refractivity contribution in [3.63, 3.8) is 0 Å². The van der Waals surface area contributed by atoms with E-state index in [-0.39, 0.29) is 0 Å². The Morgan fingerprint density at radius 2 is 1.29 bits per heavy atom. The molecular formula is C19H27NP+. The molecule has 0 saturated carbocycles. The third-order valence-electron chi connectivity index (χ3n) is 4.62. The van der Waals surface area contributed by atoms with Crippen molar-refractivity contribution in [3.05, 3.63) is 54.6 Å². The lowest BCUT2D eigenvalue weighted by atomic mass is 10.2. The third kappa shape index (κ3) is 3.30. The molecule has 0 aromatic heterocycles. The zero-order valence-electron chi connectivity index (χ0n) is 13.8. The van der Waals surface area contributed by atoms with Gasteiger partial charge in [-0.1, -0.05) is 30.3 Å². The van der Waals surface area contributed by atoms with Crippen LogP contribution >= 0.6 is 7.26 Å². The number of benzene rings is 2. The van der Waals surface area contributed by atoms with E-state index in [9.17, 15) is 0 Å². The molecule has 2 aromatic carbocycles. The van der Waals surface area contributed by atoms with Gasteiger partial charge in [-0.3, -0.25) is 0 Å². The summed E-state index contributed by atoms with van der Waals surface area (Å²) in [6.45, 7) is 12.0. The summed E-state index contributed by atoms with van der Waals surface area (Å²) < 4.78 is 0. The topological polar surface area (TPSA) is 12.0 Å². The van der Waals surface area contributed by atoms with Crippen molar-refractivity contribution in [1.29, 1.82) is 0 Å². The Balaban J connectivity index is 2.45. The largest absolute Gasteiger partial charge is 0.352 e. The van der Waals surface area contributed by atoms with Gasteiger partial charge in [-0.15, -0.1) is 0 Å². The van der Waals surface area contributed by atoms with Crippen molar-refractivity contribution >= 4 is 23.9 Å². The Labute approximate surface area is 130 Å². The van der Waals surface area contributed by atoms with E-state index in [1.165, 1.54) is 11.0 Å². The molecule has 0 heterocycles. The minimum absolute atomic E-state index is 0.691. The Hall–Kier alpha value is -1.33. The van der Waals surface area contributed by atoms with Crippen LogP contribution < -0.4 is 10.6 Å². The fourth-order valence-electron chi connectivity index (χ4n) is 2.83. The van der Waals surface area contributed by atoms with Crippen LogP contribution in [-0.4, -0.2) is 18.0 Å². The minimum Gasteiger partial charge on any atom is -0.352 e. The summed E-state index contributed by atoms with van der Waals surface area (Å²) in [5.74, 6) is 0. The average molecular weight is 300 g/mol. The lowest BCUT2D eigenvalue weighted by Gasteiger charge is -2.32. The molecule has 2 aromatic rings. The van der Waals surface area contributed by atoms with Gasteiger partial charge in [0.05, 0.1) is 30.9 Å². The molecule has 0 radical (unpaired) electrons. The molecule has 0 bridgehead atoms. The highest BCUT2D eigenvalue weighted by molar-refractivity contribution is 7.83. The molecule has 0 aliphatic rings. The Kier molecular flexibility index (Phi) is 5.06. The highest BCUT2D eigenvalue weighted by atomic mass is 31.2. The number of hydrogen-bond donors (Lipinski definition) is 1. The molecule has 1 nitrogen and oxygen atoms in total. The van der Waals surface area contributed by atoms with E-state index in [4.69, 9.17) is 0 Å². The molecule has 0 aliphatic heterocycles. The van der Waals surface area contributed by atoms with Crippen LogP contribution in [0.25, 0.3) is 0 Å². The normalized spacial score (nSPS) is 12.0. The van der Waals surface area contributed by atoms with E-state index in [1.54, 1.807) is 0 Å². The SMILES string of the molecule is CC(C)[P+](C)(c1ccccc1Nc1ccccc1)C(C)C. The van der Waals surface area contributed by atoms with E-state index in [0.29, 0.717) is 11.3 Å². The summed E-state index contributed by atoms with van der Waals surface area (Å²) in [5, 5.41) is 5.13. The molecule has 0 aliphatic carbocycles. The van der Waals surface area contributed by atoms with Crippen LogP contribution in [0, 0.1) is 0 Å². The van der Waals surface area contributed by atoms with E-state index in [0.717, 1.165) is 5.69 Å². The van der Waals surface area contributed by atoms with Gasteiger partial charge in [0.1, 0.15) is 5.30 Å². The Morgan fingerprint density at radius 3 is 1.86 bits per heavy atom. The molecule has 2 heteroatoms. The van der Waals surface area contributed by atoms with Crippen LogP contribution in [0.2, 0.25) is 0 Å². The Bertz CT molecular complexity index is 567. The van der Waals surface area contributed by atoms with Crippen LogP contribution in [0.3, 0.4) is 0 Å². The molecule has 0 amide bonds. The first kappa shape index (κ1) is 16.0. The van der Waals surface area contributed by atoms with E-state index in [2.05, 4.69) is 94.3 Å². The number of rotatable bonds is 5. The second-order valence-electron chi connectivity index (χ2n) is 6.34. The first-order valence-electron chi connectivity index (χ1n) is 7.73. The summed E-state index contributed by atoms with van der Waals surface area (Å²) in [6.07, 6.45) is 0. The minimum atomic E-state index is -1.20. The molecule has 0 unspecified atom stereocenters. The zero-order chi connectivity index (χ0) is 15.5. The second kappa shape index (κ2) is 6.62. The van der Waals surface area contributed by atoms with Crippen LogP contribution in [0.5, 0.6) is 0 Å². The van der Waals surface area contributed by atoms with Gasteiger partial charge in [0.15, 0.2) is 0 Å². The maximum atomic E-state index is 3.62. The van der Waals surface area contributed by atoms with Crippen molar-refractivity contribution in [3.8, 4) is 0 Å². The first-order chi connectivity index (χ1) is 9.96. The number of hydrogen-bond acceptors (Lipinski definition) is 1. The van der Waals surface area contributed by atoms with Gasteiger partial charge in [-0.2, -0.15) is 0 Å². The van der Waals surface area contributed by atoms with Crippen molar-refractivity contribution in [1.82, 2.24) is 0 Å². The van der Waals surface area contributed by atoms with E-state index >= 15 is 0 Å². The summed E-state index contributed by atoms with van der Waals surface area (Å²) in [6, 6.07) is 19.3. The first-order valence-corrected chi connectivity index (χ1v) is 10.1. The zero-order valence-corrected chi connectivity index (χ0v) is 14.7. The summed E-state index contributed by atoms with van der Waals surface area (Å²) in [4.78, 5) is 0. The molecule has 21 heavy (non-hydrogen) atoms. The molecular weight excluding hydrogens is 273 g/mol. The maximum absolute atomic E-state index is 3.62. The monoisotopic (exact) mass is 300 g/mol. The molecule has 0 atom stereocenters. The average Bonchev–Trinajstić information content (AvgIpc) is 2.47. The summed E-state index contributed by atoms with van der Waals surface area (Å²) in [5.41, 5.74) is 3.80. The highest BCUT2D eigenvalue weighted by Crippen LogP contribution is 2.63. The van der Waals surface area contributed by atoms with E-state index < -0.39 is 7.26 Å². The van der Waals surface area contributed by atoms with Crippen LogP contribution in [0.15, 0.2) is 54.6 Å². The fourth-order valence-corrected chi connectivity index (χ4v) is 6.19. The molecule has 0 saturated heterocycles. The Morgan fingerprint density at radius 1 is 0.762 bits per heavy atom. The lowest BCUT2D eigenvalue weighted by Crippen LogP contribution is -2.27. The number of nitrogens with one attached hydrogen (secondary N) is 1. The quantitative estimate of drug-likeness (QED) is 0.717. The van der Waals surface area contributed by atoms with Gasteiger partial charge < -0.3 is 5.32 Å². The molecule has 2 rings (SSSR count). The third-order valence-corrected chi connectivity index (χ3v) is 10.3. The van der Waals surface area contributed by atoms with Gasteiger partial charge in [0.25, 0.3) is 0 Å². The number of para-hydroxylation sites is 2. The van der Waals surface area contributed by atoms with Crippen LogP contribution in [0.1, 0.15) is 27.7 Å². The van der Waals surface area contributed by atoms with Crippen LogP contribution in [-0.2, 0) is 0 Å². The predicted octanol–water partition coefficient (Wildman–Crippen LogP) is 5.52. The molecule has 0 fully saturated rings. The van der Waals surface area contributed by atoms with E-state index in [1.807, 2.05) is 0 Å². The van der Waals surface area contributed by atoms with Gasteiger partial charge >= 0.3 is 0 Å². The van der Waals surface area contributed by atoms with Gasteiger partial charge in [-0.25, -0.2) is 0 Å². The van der Waals surface area contributed by atoms with Crippen molar-refractivity contribution in [2.75, 3.05) is 12.0 Å². The van der Waals surface area contributed by atoms with Crippen molar-refractivity contribution in [2.24, 2.45) is 0 Å². The number of anilines is 2. The van der Waals surface area contributed by atoms with Crippen molar-refractivity contribution in [2.45, 2.75) is 39.0 Å². The molecule has 0 spiro atoms. The predicted molar refractivity (Wildman–Crippen MR) is 98.9 cm³/mol. The van der Waals surface area contributed by atoms with Gasteiger partial charge in [-0.05, 0) is 52.0 Å². The standard InChI is InChI=1S/C19H27NP/c1-15(2)21(5,16(3)4)19-14-10-9-13-18(19)20-17-11-7-6-8-12-17/h6-16,20H,1-5H3/q+1. The second-order valence-corrected chi connectivity index (χ2v) is 11.2. The smallest absolute Gasteiger partial charge is 0.117 e. The lowest BCUT2D eigenvalue weighted by molar-refractivity contribution is 0.998. The molecule has 112 valence electrons. The van der Waals surface area contributed by atoms with Crippen LogP contribution in [0.4, 0.5) is 11.4 Å². The summed E-state index contributed by atoms with van der Waals surface area (Å²) in [7, 11) is -1.20. The van der Waals surface area contributed by atoms with Crippen molar-refractivity contribution < 1.29 is 0 Å². The molecule has 1 N–H and O–H groups in total. The highest BCUT2D eigenvalue weighted by Gasteiger charge is 2.43. The summed E-state index contributed by atoms with van der Waals surface area (Å²) >= 11 is 0. The maximum Gasteiger partial charge on any atom is 0.117 e.